The highest BCUT2D eigenvalue weighted by atomic mass is 127. The third kappa shape index (κ3) is 3.47. The molecular weight excluding hydrogens is 377 g/mol. The second kappa shape index (κ2) is 5.88. The lowest BCUT2D eigenvalue weighted by Gasteiger charge is -2.13. The number of halogens is 2. The molecule has 6 heteroatoms. The minimum Gasteiger partial charge on any atom is -0.505 e. The zero-order chi connectivity index (χ0) is 11.4. The van der Waals surface area contributed by atoms with Gasteiger partial charge in [0, 0.05) is 11.0 Å². The van der Waals surface area contributed by atoms with Gasteiger partial charge in [0.05, 0.1) is 22.0 Å². The van der Waals surface area contributed by atoms with Crippen molar-refractivity contribution in [3.63, 3.8) is 0 Å². The van der Waals surface area contributed by atoms with Crippen molar-refractivity contribution in [2.45, 2.75) is 6.10 Å². The molecule has 0 aliphatic carbocycles. The number of aliphatic hydroxyl groups is 2. The van der Waals surface area contributed by atoms with Crippen LogP contribution in [0.3, 0.4) is 0 Å². The molecule has 0 saturated heterocycles. The normalized spacial score (nSPS) is 12.5. The first kappa shape index (κ1) is 13.0. The molecular formula is C9H11BrINO3. The molecule has 15 heavy (non-hydrogen) atoms. The van der Waals surface area contributed by atoms with E-state index in [4.69, 9.17) is 10.2 Å². The molecule has 4 nitrogen and oxygen atoms in total. The Morgan fingerprint density at radius 1 is 1.47 bits per heavy atom. The van der Waals surface area contributed by atoms with Crippen LogP contribution in [0.2, 0.25) is 0 Å². The summed E-state index contributed by atoms with van der Waals surface area (Å²) >= 11 is 5.29. The number of aromatic hydroxyl groups is 1. The Hall–Kier alpha value is -0.0500. The summed E-state index contributed by atoms with van der Waals surface area (Å²) in [6, 6.07) is 3.57. The average molecular weight is 388 g/mol. The van der Waals surface area contributed by atoms with Crippen LogP contribution in [-0.4, -0.2) is 34.6 Å². The first-order chi connectivity index (χ1) is 7.06. The highest BCUT2D eigenvalue weighted by molar-refractivity contribution is 14.1. The number of phenols is 1. The van der Waals surface area contributed by atoms with Crippen LogP contribution in [0, 0.1) is 3.57 Å². The standard InChI is InChI=1S/C9H11BrINO3/c10-6-1-2-7(11)9(15)8(6)12-3-5(14)4-13/h1-2,5,12-15H,3-4H2. The van der Waals surface area contributed by atoms with E-state index in [1.165, 1.54) is 0 Å². The van der Waals surface area contributed by atoms with Crippen molar-refractivity contribution in [3.05, 3.63) is 20.2 Å². The molecule has 4 N–H and O–H groups in total. The number of phenolic OH excluding ortho intramolecular Hbond substituents is 1. The van der Waals surface area contributed by atoms with E-state index in [1.807, 2.05) is 22.6 Å². The van der Waals surface area contributed by atoms with Crippen molar-refractivity contribution in [1.29, 1.82) is 0 Å². The predicted molar refractivity (Wildman–Crippen MR) is 70.1 cm³/mol. The molecule has 1 rings (SSSR count). The smallest absolute Gasteiger partial charge is 0.153 e. The lowest BCUT2D eigenvalue weighted by Crippen LogP contribution is -2.23. The Morgan fingerprint density at radius 3 is 2.73 bits per heavy atom. The zero-order valence-corrected chi connectivity index (χ0v) is 11.5. The zero-order valence-electron chi connectivity index (χ0n) is 7.74. The van der Waals surface area contributed by atoms with Gasteiger partial charge in [0.1, 0.15) is 0 Å². The maximum absolute atomic E-state index is 9.72. The highest BCUT2D eigenvalue weighted by Crippen LogP contribution is 2.35. The lowest BCUT2D eigenvalue weighted by atomic mass is 10.3. The molecule has 1 atom stereocenters. The van der Waals surface area contributed by atoms with Crippen LogP contribution in [0.15, 0.2) is 16.6 Å². The summed E-state index contributed by atoms with van der Waals surface area (Å²) in [5.74, 6) is 0.134. The van der Waals surface area contributed by atoms with Gasteiger partial charge in [-0.05, 0) is 50.7 Å². The first-order valence-electron chi connectivity index (χ1n) is 4.26. The van der Waals surface area contributed by atoms with E-state index in [0.29, 0.717) is 10.2 Å². The van der Waals surface area contributed by atoms with Crippen LogP contribution in [0.1, 0.15) is 0 Å². The second-order valence-corrected chi connectivity index (χ2v) is 4.99. The Morgan fingerprint density at radius 2 is 2.13 bits per heavy atom. The van der Waals surface area contributed by atoms with Gasteiger partial charge in [-0.1, -0.05) is 0 Å². The molecule has 84 valence electrons. The predicted octanol–water partition coefficient (Wildman–Crippen LogP) is 1.52. The number of nitrogens with one attached hydrogen (secondary N) is 1. The van der Waals surface area contributed by atoms with E-state index in [2.05, 4.69) is 21.2 Å². The fourth-order valence-corrected chi connectivity index (χ4v) is 1.90. The van der Waals surface area contributed by atoms with Crippen LogP contribution >= 0.6 is 38.5 Å². The van der Waals surface area contributed by atoms with E-state index in [1.54, 1.807) is 12.1 Å². The van der Waals surface area contributed by atoms with Crippen molar-refractivity contribution >= 4 is 44.2 Å². The fourth-order valence-electron chi connectivity index (χ4n) is 0.994. The van der Waals surface area contributed by atoms with Crippen molar-refractivity contribution in [1.82, 2.24) is 0 Å². The molecule has 0 spiro atoms. The topological polar surface area (TPSA) is 72.7 Å². The van der Waals surface area contributed by atoms with E-state index in [9.17, 15) is 5.11 Å². The van der Waals surface area contributed by atoms with E-state index in [0.717, 1.165) is 3.57 Å². The van der Waals surface area contributed by atoms with Crippen LogP contribution in [0.25, 0.3) is 0 Å². The molecule has 0 aromatic heterocycles. The Kier molecular flexibility index (Phi) is 5.10. The molecule has 0 saturated carbocycles. The van der Waals surface area contributed by atoms with Gasteiger partial charge in [-0.3, -0.25) is 0 Å². The number of benzene rings is 1. The lowest BCUT2D eigenvalue weighted by molar-refractivity contribution is 0.105. The molecule has 0 aliphatic rings. The van der Waals surface area contributed by atoms with Crippen molar-refractivity contribution < 1.29 is 15.3 Å². The van der Waals surface area contributed by atoms with Gasteiger partial charge in [0.25, 0.3) is 0 Å². The minimum atomic E-state index is -0.839. The first-order valence-corrected chi connectivity index (χ1v) is 6.13. The maximum atomic E-state index is 9.72. The summed E-state index contributed by atoms with van der Waals surface area (Å²) < 4.78 is 1.43. The molecule has 1 aromatic rings. The van der Waals surface area contributed by atoms with Crippen LogP contribution in [-0.2, 0) is 0 Å². The molecule has 0 heterocycles. The largest absolute Gasteiger partial charge is 0.505 e. The van der Waals surface area contributed by atoms with Crippen LogP contribution < -0.4 is 5.32 Å². The summed E-state index contributed by atoms with van der Waals surface area (Å²) in [5, 5.41) is 30.4. The molecule has 1 unspecified atom stereocenters. The summed E-state index contributed by atoms with van der Waals surface area (Å²) in [7, 11) is 0. The summed E-state index contributed by atoms with van der Waals surface area (Å²) in [6.07, 6.45) is -0.839. The Bertz CT molecular complexity index is 348. The van der Waals surface area contributed by atoms with Crippen LogP contribution in [0.4, 0.5) is 5.69 Å². The Labute approximate surface area is 110 Å². The maximum Gasteiger partial charge on any atom is 0.153 e. The van der Waals surface area contributed by atoms with Gasteiger partial charge < -0.3 is 20.6 Å². The van der Waals surface area contributed by atoms with Gasteiger partial charge in [0.2, 0.25) is 0 Å². The van der Waals surface area contributed by atoms with Crippen LogP contribution in [0.5, 0.6) is 5.75 Å². The van der Waals surface area contributed by atoms with Gasteiger partial charge in [-0.2, -0.15) is 0 Å². The second-order valence-electron chi connectivity index (χ2n) is 2.97. The molecule has 0 aliphatic heterocycles. The molecule has 0 amide bonds. The van der Waals surface area contributed by atoms with Crippen molar-refractivity contribution in [2.75, 3.05) is 18.5 Å². The fraction of sp³-hybridized carbons (Fsp3) is 0.333. The SMILES string of the molecule is OCC(O)CNc1c(Br)ccc(I)c1O. The van der Waals surface area contributed by atoms with E-state index in [-0.39, 0.29) is 18.9 Å². The van der Waals surface area contributed by atoms with E-state index >= 15 is 0 Å². The van der Waals surface area contributed by atoms with Crippen molar-refractivity contribution in [2.24, 2.45) is 0 Å². The van der Waals surface area contributed by atoms with Gasteiger partial charge in [0.15, 0.2) is 5.75 Å². The third-order valence-corrected chi connectivity index (χ3v) is 3.33. The quantitative estimate of drug-likeness (QED) is 0.467. The molecule has 0 fully saturated rings. The van der Waals surface area contributed by atoms with Crippen molar-refractivity contribution in [3.8, 4) is 5.75 Å². The molecule has 0 radical (unpaired) electrons. The van der Waals surface area contributed by atoms with Gasteiger partial charge >= 0.3 is 0 Å². The minimum absolute atomic E-state index is 0.134. The number of anilines is 1. The number of aliphatic hydroxyl groups excluding tert-OH is 2. The third-order valence-electron chi connectivity index (χ3n) is 1.80. The summed E-state index contributed by atoms with van der Waals surface area (Å²) in [5.41, 5.74) is 0.523. The molecule has 0 bridgehead atoms. The van der Waals surface area contributed by atoms with Gasteiger partial charge in [-0.15, -0.1) is 0 Å². The average Bonchev–Trinajstić information content (AvgIpc) is 2.23. The van der Waals surface area contributed by atoms with E-state index < -0.39 is 6.10 Å². The summed E-state index contributed by atoms with van der Waals surface area (Å²) in [4.78, 5) is 0. The summed E-state index contributed by atoms with van der Waals surface area (Å²) in [6.45, 7) is -0.127. The Balaban J connectivity index is 2.80. The van der Waals surface area contributed by atoms with Gasteiger partial charge in [-0.25, -0.2) is 0 Å². The molecule has 1 aromatic carbocycles. The number of hydrogen-bond acceptors (Lipinski definition) is 4. The highest BCUT2D eigenvalue weighted by Gasteiger charge is 2.10. The monoisotopic (exact) mass is 387 g/mol. The number of hydrogen-bond donors (Lipinski definition) is 4. The number of rotatable bonds is 4.